The molecule has 0 aromatic rings. The van der Waals surface area contributed by atoms with Gasteiger partial charge in [0.2, 0.25) is 5.91 Å². The van der Waals surface area contributed by atoms with Crippen LogP contribution in [-0.2, 0) is 18.4 Å². The molecule has 0 aliphatic heterocycles. The van der Waals surface area contributed by atoms with Crippen LogP contribution in [0.25, 0.3) is 0 Å². The van der Waals surface area contributed by atoms with Crippen molar-refractivity contribution in [2.45, 2.75) is 193 Å². The number of phosphoric ester groups is 1. The van der Waals surface area contributed by atoms with Gasteiger partial charge in [-0.15, -0.1) is 0 Å². The van der Waals surface area contributed by atoms with E-state index in [4.69, 9.17) is 14.8 Å². The SMILES string of the molecule is CCCC/C=C\CCCCCCCC(=O)NC(COP(=O)(O)OCCN)C(O)/C=C/CC/C=C/CC/C=C/CCCCCCCCCCCCC. The van der Waals surface area contributed by atoms with Gasteiger partial charge in [0.05, 0.1) is 25.4 Å². The minimum Gasteiger partial charge on any atom is -0.387 e. The van der Waals surface area contributed by atoms with E-state index in [2.05, 4.69) is 55.6 Å². The van der Waals surface area contributed by atoms with Crippen LogP contribution in [0.15, 0.2) is 48.6 Å². The molecule has 0 saturated carbocycles. The summed E-state index contributed by atoms with van der Waals surface area (Å²) in [6.45, 7) is 4.04. The highest BCUT2D eigenvalue weighted by molar-refractivity contribution is 7.47. The molecule has 3 atom stereocenters. The van der Waals surface area contributed by atoms with Crippen LogP contribution < -0.4 is 11.1 Å². The largest absolute Gasteiger partial charge is 0.472 e. The summed E-state index contributed by atoms with van der Waals surface area (Å²) >= 11 is 0. The molecule has 0 saturated heterocycles. The van der Waals surface area contributed by atoms with Crippen molar-refractivity contribution >= 4 is 13.7 Å². The van der Waals surface area contributed by atoms with Crippen LogP contribution >= 0.6 is 7.82 Å². The third-order valence-corrected chi connectivity index (χ3v) is 9.84. The van der Waals surface area contributed by atoms with E-state index >= 15 is 0 Å². The zero-order valence-corrected chi connectivity index (χ0v) is 33.7. The van der Waals surface area contributed by atoms with E-state index in [-0.39, 0.29) is 25.7 Å². The Labute approximate surface area is 313 Å². The molecule has 0 rings (SSSR count). The van der Waals surface area contributed by atoms with Gasteiger partial charge in [0.1, 0.15) is 0 Å². The second kappa shape index (κ2) is 38.2. The molecule has 298 valence electrons. The standard InChI is InChI=1S/C42H79N2O6P/c1-3-5-7-9-11-13-15-16-17-18-19-20-21-22-23-24-26-27-29-31-33-35-41(45)40(39-50-51(47,48)49-38-37-43)44-42(46)36-34-32-30-28-25-14-12-10-8-6-4-2/h10,12,21-22,26-27,33,35,40-41,45H,3-9,11,13-20,23-25,28-32,34,36-39,43H2,1-2H3,(H,44,46)(H,47,48)/b12-10-,22-21+,27-26+,35-33+. The molecule has 5 N–H and O–H groups in total. The van der Waals surface area contributed by atoms with Gasteiger partial charge in [-0.3, -0.25) is 13.8 Å². The summed E-state index contributed by atoms with van der Waals surface area (Å²) in [5.41, 5.74) is 5.36. The van der Waals surface area contributed by atoms with Crippen LogP contribution in [0.3, 0.4) is 0 Å². The molecule has 0 aromatic heterocycles. The fraction of sp³-hybridized carbons (Fsp3) is 0.786. The number of amides is 1. The Kier molecular flexibility index (Phi) is 37.0. The third kappa shape index (κ3) is 36.6. The fourth-order valence-electron chi connectivity index (χ4n) is 5.67. The van der Waals surface area contributed by atoms with E-state index in [1.807, 2.05) is 6.08 Å². The smallest absolute Gasteiger partial charge is 0.387 e. The lowest BCUT2D eigenvalue weighted by Crippen LogP contribution is -2.45. The maximum Gasteiger partial charge on any atom is 0.472 e. The molecule has 9 heteroatoms. The van der Waals surface area contributed by atoms with Crippen molar-refractivity contribution in [2.75, 3.05) is 19.8 Å². The van der Waals surface area contributed by atoms with Gasteiger partial charge in [0.25, 0.3) is 0 Å². The Morgan fingerprint density at radius 1 is 0.627 bits per heavy atom. The normalized spacial score (nSPS) is 14.7. The number of carbonyl (C=O) groups excluding carboxylic acids is 1. The molecular weight excluding hydrogens is 659 g/mol. The average molecular weight is 739 g/mol. The molecule has 0 aromatic carbocycles. The van der Waals surface area contributed by atoms with Gasteiger partial charge in [-0.05, 0) is 64.2 Å². The number of nitrogens with two attached hydrogens (primary N) is 1. The van der Waals surface area contributed by atoms with Gasteiger partial charge in [0.15, 0.2) is 0 Å². The number of rotatable bonds is 38. The first-order valence-corrected chi connectivity index (χ1v) is 22.3. The van der Waals surface area contributed by atoms with E-state index < -0.39 is 20.0 Å². The zero-order chi connectivity index (χ0) is 37.5. The van der Waals surface area contributed by atoms with Crippen molar-refractivity contribution in [3.63, 3.8) is 0 Å². The van der Waals surface area contributed by atoms with Gasteiger partial charge in [0, 0.05) is 13.0 Å². The Hall–Kier alpha value is -1.54. The van der Waals surface area contributed by atoms with Crippen molar-refractivity contribution in [1.82, 2.24) is 5.32 Å². The molecule has 0 aliphatic rings. The third-order valence-electron chi connectivity index (χ3n) is 8.85. The van der Waals surface area contributed by atoms with Crippen molar-refractivity contribution in [1.29, 1.82) is 0 Å². The van der Waals surface area contributed by atoms with Crippen molar-refractivity contribution in [3.05, 3.63) is 48.6 Å². The van der Waals surface area contributed by atoms with Crippen molar-refractivity contribution in [2.24, 2.45) is 5.73 Å². The molecule has 0 fully saturated rings. The topological polar surface area (TPSA) is 131 Å². The molecule has 51 heavy (non-hydrogen) atoms. The predicted octanol–water partition coefficient (Wildman–Crippen LogP) is 11.3. The first-order chi connectivity index (χ1) is 24.9. The summed E-state index contributed by atoms with van der Waals surface area (Å²) < 4.78 is 22.0. The second-order valence-corrected chi connectivity index (χ2v) is 15.3. The number of unbranched alkanes of at least 4 members (excludes halogenated alkanes) is 20. The van der Waals surface area contributed by atoms with Crippen molar-refractivity contribution in [3.8, 4) is 0 Å². The molecule has 0 aliphatic carbocycles. The number of hydrogen-bond acceptors (Lipinski definition) is 6. The molecule has 0 heterocycles. The number of nitrogens with one attached hydrogen (secondary N) is 1. The summed E-state index contributed by atoms with van der Waals surface area (Å²) in [5, 5.41) is 13.6. The number of carbonyl (C=O) groups is 1. The van der Waals surface area contributed by atoms with Crippen LogP contribution in [0.1, 0.15) is 181 Å². The number of hydrogen-bond donors (Lipinski definition) is 4. The summed E-state index contributed by atoms with van der Waals surface area (Å²) in [6.07, 6.45) is 46.0. The van der Waals surface area contributed by atoms with E-state index in [0.717, 1.165) is 70.6 Å². The van der Waals surface area contributed by atoms with Gasteiger partial charge in [-0.2, -0.15) is 0 Å². The molecule has 8 nitrogen and oxygen atoms in total. The van der Waals surface area contributed by atoms with Crippen LogP contribution in [0.5, 0.6) is 0 Å². The molecule has 0 radical (unpaired) electrons. The highest BCUT2D eigenvalue weighted by atomic mass is 31.2. The summed E-state index contributed by atoms with van der Waals surface area (Å²) in [5.74, 6) is -0.221. The lowest BCUT2D eigenvalue weighted by Gasteiger charge is -2.23. The number of allylic oxidation sites excluding steroid dienone is 7. The molecule has 0 bridgehead atoms. The molecule has 3 unspecified atom stereocenters. The quantitative estimate of drug-likeness (QED) is 0.0282. The maximum absolute atomic E-state index is 12.7. The Balaban J connectivity index is 4.30. The Bertz CT molecular complexity index is 938. The van der Waals surface area contributed by atoms with E-state index in [9.17, 15) is 19.4 Å². The number of aliphatic hydroxyl groups excluding tert-OH is 1. The lowest BCUT2D eigenvalue weighted by molar-refractivity contribution is -0.123. The van der Waals surface area contributed by atoms with Gasteiger partial charge >= 0.3 is 7.82 Å². The molecule has 1 amide bonds. The highest BCUT2D eigenvalue weighted by Gasteiger charge is 2.26. The monoisotopic (exact) mass is 739 g/mol. The first-order valence-electron chi connectivity index (χ1n) is 20.8. The molecular formula is C42H79N2O6P. The Morgan fingerprint density at radius 3 is 1.57 bits per heavy atom. The average Bonchev–Trinajstić information content (AvgIpc) is 3.12. The fourth-order valence-corrected chi connectivity index (χ4v) is 6.43. The van der Waals surface area contributed by atoms with E-state index in [0.29, 0.717) is 6.42 Å². The van der Waals surface area contributed by atoms with Crippen LogP contribution in [0.2, 0.25) is 0 Å². The van der Waals surface area contributed by atoms with Gasteiger partial charge < -0.3 is 21.1 Å². The highest BCUT2D eigenvalue weighted by Crippen LogP contribution is 2.43. The van der Waals surface area contributed by atoms with Crippen LogP contribution in [-0.4, -0.2) is 47.8 Å². The minimum atomic E-state index is -4.35. The van der Waals surface area contributed by atoms with Gasteiger partial charge in [-0.1, -0.05) is 159 Å². The van der Waals surface area contributed by atoms with Crippen LogP contribution in [0.4, 0.5) is 0 Å². The first kappa shape index (κ1) is 49.5. The summed E-state index contributed by atoms with van der Waals surface area (Å²) in [4.78, 5) is 22.6. The maximum atomic E-state index is 12.7. The summed E-state index contributed by atoms with van der Waals surface area (Å²) in [7, 11) is -4.35. The van der Waals surface area contributed by atoms with Crippen molar-refractivity contribution < 1.29 is 28.4 Å². The van der Waals surface area contributed by atoms with Crippen LogP contribution in [0, 0.1) is 0 Å². The second-order valence-electron chi connectivity index (χ2n) is 13.8. The predicted molar refractivity (Wildman–Crippen MR) is 217 cm³/mol. The van der Waals surface area contributed by atoms with E-state index in [1.165, 1.54) is 89.9 Å². The number of aliphatic hydroxyl groups is 1. The van der Waals surface area contributed by atoms with E-state index in [1.54, 1.807) is 6.08 Å². The summed E-state index contributed by atoms with van der Waals surface area (Å²) in [6, 6.07) is -0.886. The Morgan fingerprint density at radius 2 is 1.06 bits per heavy atom. The molecule has 0 spiro atoms. The number of phosphoric acid groups is 1. The lowest BCUT2D eigenvalue weighted by atomic mass is 10.1. The zero-order valence-electron chi connectivity index (χ0n) is 32.8. The van der Waals surface area contributed by atoms with Gasteiger partial charge in [-0.25, -0.2) is 4.57 Å². The minimum absolute atomic E-state index is 0.0692.